The number of carbonyl (C=O) groups excluding carboxylic acids is 3. The van der Waals surface area contributed by atoms with Crippen LogP contribution in [0.2, 0.25) is 0 Å². The third kappa shape index (κ3) is 4.40. The fraction of sp³-hybridized carbons (Fsp3) is 0.316. The number of aromatic nitrogens is 1. The number of hydrogen-bond acceptors (Lipinski definition) is 7. The second-order valence-electron chi connectivity index (χ2n) is 7.16. The van der Waals surface area contributed by atoms with Crippen molar-refractivity contribution in [3.63, 3.8) is 0 Å². The SMILES string of the molecule is CC(C)CC(C(=O)Nc1nc(C(=O)O)cs1)N1C(=O)NC(c2cccc(O)c2)C1=O. The van der Waals surface area contributed by atoms with Gasteiger partial charge in [0.25, 0.3) is 5.91 Å². The largest absolute Gasteiger partial charge is 0.508 e. The molecule has 0 bridgehead atoms. The maximum absolute atomic E-state index is 13.0. The average molecular weight is 432 g/mol. The molecular formula is C19H20N4O6S. The van der Waals surface area contributed by atoms with Crippen molar-refractivity contribution in [1.82, 2.24) is 15.2 Å². The first-order valence-electron chi connectivity index (χ1n) is 9.09. The molecule has 1 aliphatic heterocycles. The van der Waals surface area contributed by atoms with Gasteiger partial charge in [0.2, 0.25) is 5.91 Å². The van der Waals surface area contributed by atoms with Crippen molar-refractivity contribution in [2.24, 2.45) is 5.92 Å². The summed E-state index contributed by atoms with van der Waals surface area (Å²) in [5, 5.41) is 25.0. The summed E-state index contributed by atoms with van der Waals surface area (Å²) in [5.41, 5.74) is 0.181. The van der Waals surface area contributed by atoms with E-state index in [0.717, 1.165) is 16.2 Å². The zero-order chi connectivity index (χ0) is 22.0. The Morgan fingerprint density at radius 1 is 1.33 bits per heavy atom. The zero-order valence-corrected chi connectivity index (χ0v) is 17.0. The van der Waals surface area contributed by atoms with Crippen LogP contribution >= 0.6 is 11.3 Å². The molecule has 3 rings (SSSR count). The third-order valence-corrected chi connectivity index (χ3v) is 5.19. The Hall–Kier alpha value is -3.47. The number of anilines is 1. The highest BCUT2D eigenvalue weighted by Gasteiger charge is 2.45. The molecule has 1 fully saturated rings. The van der Waals surface area contributed by atoms with Crippen LogP contribution in [-0.2, 0) is 9.59 Å². The van der Waals surface area contributed by atoms with Crippen molar-refractivity contribution in [2.45, 2.75) is 32.4 Å². The van der Waals surface area contributed by atoms with Crippen LogP contribution in [0.15, 0.2) is 29.6 Å². The predicted octanol–water partition coefficient (Wildman–Crippen LogP) is 2.19. The van der Waals surface area contributed by atoms with Gasteiger partial charge in [0.1, 0.15) is 17.8 Å². The topological polar surface area (TPSA) is 149 Å². The fourth-order valence-corrected chi connectivity index (χ4v) is 3.80. The van der Waals surface area contributed by atoms with E-state index in [0.29, 0.717) is 5.56 Å². The van der Waals surface area contributed by atoms with Crippen molar-refractivity contribution in [1.29, 1.82) is 0 Å². The van der Waals surface area contributed by atoms with Crippen LogP contribution in [0.25, 0.3) is 0 Å². The molecule has 4 N–H and O–H groups in total. The Kier molecular flexibility index (Phi) is 6.01. The van der Waals surface area contributed by atoms with Crippen LogP contribution in [0.5, 0.6) is 5.75 Å². The van der Waals surface area contributed by atoms with Crippen LogP contribution in [0.4, 0.5) is 9.93 Å². The van der Waals surface area contributed by atoms with Gasteiger partial charge in [-0.05, 0) is 30.0 Å². The average Bonchev–Trinajstić information content (AvgIpc) is 3.24. The minimum absolute atomic E-state index is 0.0213. The molecule has 2 heterocycles. The molecule has 10 nitrogen and oxygen atoms in total. The van der Waals surface area contributed by atoms with Gasteiger partial charge in [-0.25, -0.2) is 19.5 Å². The number of phenolic OH excluding ortho intramolecular Hbond substituents is 1. The quantitative estimate of drug-likeness (QED) is 0.490. The summed E-state index contributed by atoms with van der Waals surface area (Å²) in [5.74, 6) is -2.56. The molecule has 2 aromatic rings. The second kappa shape index (κ2) is 8.49. The van der Waals surface area contributed by atoms with Crippen molar-refractivity contribution >= 4 is 40.3 Å². The summed E-state index contributed by atoms with van der Waals surface area (Å²) in [6, 6.07) is 3.09. The molecule has 1 aliphatic rings. The summed E-state index contributed by atoms with van der Waals surface area (Å²) in [6.07, 6.45) is 0.203. The number of thiazole rings is 1. The Bertz CT molecular complexity index is 1000. The van der Waals surface area contributed by atoms with Crippen molar-refractivity contribution in [2.75, 3.05) is 5.32 Å². The molecule has 30 heavy (non-hydrogen) atoms. The van der Waals surface area contributed by atoms with Gasteiger partial charge >= 0.3 is 12.0 Å². The number of benzene rings is 1. The summed E-state index contributed by atoms with van der Waals surface area (Å²) in [7, 11) is 0. The molecule has 158 valence electrons. The highest BCUT2D eigenvalue weighted by Crippen LogP contribution is 2.28. The number of carboxylic acid groups (broad SMARTS) is 1. The lowest BCUT2D eigenvalue weighted by Crippen LogP contribution is -2.48. The monoisotopic (exact) mass is 432 g/mol. The van der Waals surface area contributed by atoms with E-state index < -0.39 is 35.9 Å². The van der Waals surface area contributed by atoms with Crippen LogP contribution in [-0.4, -0.2) is 50.0 Å². The van der Waals surface area contributed by atoms with Crippen LogP contribution < -0.4 is 10.6 Å². The molecule has 2 atom stereocenters. The number of carbonyl (C=O) groups is 4. The number of imide groups is 1. The Morgan fingerprint density at radius 3 is 2.67 bits per heavy atom. The summed E-state index contributed by atoms with van der Waals surface area (Å²) < 4.78 is 0. The molecule has 0 spiro atoms. The second-order valence-corrected chi connectivity index (χ2v) is 8.02. The number of phenols is 1. The van der Waals surface area contributed by atoms with Gasteiger partial charge in [-0.15, -0.1) is 11.3 Å². The molecule has 0 saturated carbocycles. The first-order chi connectivity index (χ1) is 14.2. The molecule has 4 amide bonds. The number of aromatic hydroxyl groups is 1. The van der Waals surface area contributed by atoms with Crippen LogP contribution in [0, 0.1) is 5.92 Å². The fourth-order valence-electron chi connectivity index (χ4n) is 3.11. The molecule has 1 saturated heterocycles. The van der Waals surface area contributed by atoms with Gasteiger partial charge in [-0.1, -0.05) is 26.0 Å². The van der Waals surface area contributed by atoms with E-state index in [1.165, 1.54) is 17.5 Å². The van der Waals surface area contributed by atoms with Gasteiger partial charge < -0.3 is 20.8 Å². The van der Waals surface area contributed by atoms with Gasteiger partial charge in [-0.3, -0.25) is 9.59 Å². The maximum Gasteiger partial charge on any atom is 0.355 e. The number of nitrogens with one attached hydrogen (secondary N) is 2. The molecule has 1 aromatic carbocycles. The predicted molar refractivity (Wildman–Crippen MR) is 107 cm³/mol. The Balaban J connectivity index is 1.84. The number of amides is 4. The zero-order valence-electron chi connectivity index (χ0n) is 16.2. The van der Waals surface area contributed by atoms with E-state index in [1.54, 1.807) is 12.1 Å². The first kappa shape index (κ1) is 21.2. The van der Waals surface area contributed by atoms with E-state index in [1.807, 2.05) is 13.8 Å². The van der Waals surface area contributed by atoms with E-state index >= 15 is 0 Å². The number of rotatable bonds is 7. The van der Waals surface area contributed by atoms with Crippen molar-refractivity contribution in [3.05, 3.63) is 40.9 Å². The Labute approximate surface area is 175 Å². The van der Waals surface area contributed by atoms with Gasteiger partial charge in [0.05, 0.1) is 0 Å². The maximum atomic E-state index is 13.0. The normalized spacial score (nSPS) is 17.2. The molecule has 11 heteroatoms. The lowest BCUT2D eigenvalue weighted by molar-refractivity contribution is -0.134. The molecule has 0 radical (unpaired) electrons. The standard InChI is InChI=1S/C19H20N4O6S/c1-9(2)6-13(15(25)22-18-20-12(8-30-18)17(27)28)23-16(26)14(21-19(23)29)10-4-3-5-11(24)7-10/h3-5,7-9,13-14,24H,6H2,1-2H3,(H,21,29)(H,27,28)(H,20,22,25). The van der Waals surface area contributed by atoms with E-state index in [-0.39, 0.29) is 28.9 Å². The Morgan fingerprint density at radius 2 is 2.07 bits per heavy atom. The van der Waals surface area contributed by atoms with Crippen LogP contribution in [0.3, 0.4) is 0 Å². The molecule has 2 unspecified atom stereocenters. The van der Waals surface area contributed by atoms with Gasteiger partial charge in [-0.2, -0.15) is 0 Å². The van der Waals surface area contributed by atoms with Crippen molar-refractivity contribution in [3.8, 4) is 5.75 Å². The molecule has 0 aliphatic carbocycles. The van der Waals surface area contributed by atoms with Gasteiger partial charge in [0, 0.05) is 5.38 Å². The summed E-state index contributed by atoms with van der Waals surface area (Å²) >= 11 is 0.930. The first-order valence-corrected chi connectivity index (χ1v) is 9.97. The lowest BCUT2D eigenvalue weighted by Gasteiger charge is -2.25. The molecule has 1 aromatic heterocycles. The minimum atomic E-state index is -1.23. The number of aromatic carboxylic acids is 1. The van der Waals surface area contributed by atoms with E-state index in [4.69, 9.17) is 5.11 Å². The third-order valence-electron chi connectivity index (χ3n) is 4.44. The number of urea groups is 1. The number of nitrogens with zero attached hydrogens (tertiary/aromatic N) is 2. The number of carboxylic acids is 1. The van der Waals surface area contributed by atoms with Crippen molar-refractivity contribution < 1.29 is 29.4 Å². The smallest absolute Gasteiger partial charge is 0.355 e. The summed E-state index contributed by atoms with van der Waals surface area (Å²) in [6.45, 7) is 3.69. The van der Waals surface area contributed by atoms with Gasteiger partial charge in [0.15, 0.2) is 10.8 Å². The summed E-state index contributed by atoms with van der Waals surface area (Å²) in [4.78, 5) is 54.1. The minimum Gasteiger partial charge on any atom is -0.508 e. The highest BCUT2D eigenvalue weighted by atomic mass is 32.1. The molecular weight excluding hydrogens is 412 g/mol. The van der Waals surface area contributed by atoms with E-state index in [2.05, 4.69) is 15.6 Å². The van der Waals surface area contributed by atoms with Crippen LogP contribution in [0.1, 0.15) is 42.4 Å². The number of hydrogen-bond donors (Lipinski definition) is 4. The van der Waals surface area contributed by atoms with E-state index in [9.17, 15) is 24.3 Å². The highest BCUT2D eigenvalue weighted by molar-refractivity contribution is 7.14. The lowest BCUT2D eigenvalue weighted by atomic mass is 10.0.